The molecule has 12 heavy (non-hydrogen) atoms. The van der Waals surface area contributed by atoms with Gasteiger partial charge in [-0.25, -0.2) is 4.99 Å². The van der Waals surface area contributed by atoms with E-state index in [2.05, 4.69) is 20.0 Å². The van der Waals surface area contributed by atoms with Crippen LogP contribution in [0.1, 0.15) is 12.8 Å². The highest BCUT2D eigenvalue weighted by atomic mass is 14.9. The van der Waals surface area contributed by atoms with Crippen LogP contribution >= 0.6 is 0 Å². The summed E-state index contributed by atoms with van der Waals surface area (Å²) in [6.07, 6.45) is 9.12. The Morgan fingerprint density at radius 2 is 1.75 bits per heavy atom. The molecule has 2 aliphatic rings. The third-order valence-corrected chi connectivity index (χ3v) is 1.27. The molecule has 0 unspecified atom stereocenters. The molecule has 0 aromatic rings. The smallest absolute Gasteiger partial charge is 0.128 e. The molecule has 0 radical (unpaired) electrons. The molecule has 0 amide bonds. The molecule has 0 saturated carbocycles. The Labute approximate surface area is 71.9 Å². The van der Waals surface area contributed by atoms with E-state index in [0.717, 1.165) is 19.4 Å². The lowest BCUT2D eigenvalue weighted by Crippen LogP contribution is -1.87. The second-order valence-corrected chi connectivity index (χ2v) is 2.25. The Kier molecular flexibility index (Phi) is 4.67. The lowest BCUT2D eigenvalue weighted by Gasteiger charge is -1.88. The van der Waals surface area contributed by atoms with Gasteiger partial charge < -0.3 is 0 Å². The third-order valence-electron chi connectivity index (χ3n) is 1.27. The molecule has 0 spiro atoms. The van der Waals surface area contributed by atoms with Crippen molar-refractivity contribution in [3.63, 3.8) is 0 Å². The Bertz CT molecular complexity index is 183. The van der Waals surface area contributed by atoms with Crippen LogP contribution in [0.3, 0.4) is 0 Å². The van der Waals surface area contributed by atoms with Crippen LogP contribution in [0.25, 0.3) is 0 Å². The second kappa shape index (κ2) is 6.39. The van der Waals surface area contributed by atoms with E-state index in [9.17, 15) is 0 Å². The predicted octanol–water partition coefficient (Wildman–Crippen LogP) is 0.978. The van der Waals surface area contributed by atoms with Gasteiger partial charge in [-0.2, -0.15) is 0 Å². The second-order valence-electron chi connectivity index (χ2n) is 2.25. The first-order valence-electron chi connectivity index (χ1n) is 3.96. The molecule has 0 aromatic heterocycles. The van der Waals surface area contributed by atoms with Crippen LogP contribution in [-0.2, 0) is 0 Å². The summed E-state index contributed by atoms with van der Waals surface area (Å²) >= 11 is 0. The van der Waals surface area contributed by atoms with E-state index in [4.69, 9.17) is 0 Å². The van der Waals surface area contributed by atoms with Crippen LogP contribution < -0.4 is 0 Å². The summed E-state index contributed by atoms with van der Waals surface area (Å²) in [5.41, 5.74) is 0. The maximum atomic E-state index is 3.85. The topological polar surface area (TPSA) is 49.4 Å². The number of aliphatic imine (C=N–C) groups is 4. The molecular formula is C8H12N4. The van der Waals surface area contributed by atoms with E-state index in [-0.39, 0.29) is 0 Å². The number of rotatable bonds is 0. The van der Waals surface area contributed by atoms with Gasteiger partial charge in [0.1, 0.15) is 13.0 Å². The summed E-state index contributed by atoms with van der Waals surface area (Å²) in [7, 11) is 0. The van der Waals surface area contributed by atoms with Crippen molar-refractivity contribution in [2.45, 2.75) is 12.8 Å². The summed E-state index contributed by atoms with van der Waals surface area (Å²) in [5, 5.41) is 0. The van der Waals surface area contributed by atoms with Gasteiger partial charge in [0.05, 0.1) is 0 Å². The molecule has 64 valence electrons. The molecule has 2 heterocycles. The third kappa shape index (κ3) is 4.49. The number of hydrogen-bond acceptors (Lipinski definition) is 4. The predicted molar refractivity (Wildman–Crippen MR) is 52.9 cm³/mol. The van der Waals surface area contributed by atoms with Gasteiger partial charge >= 0.3 is 0 Å². The average molecular weight is 164 g/mol. The van der Waals surface area contributed by atoms with E-state index >= 15 is 0 Å². The van der Waals surface area contributed by atoms with Crippen LogP contribution in [0.15, 0.2) is 20.0 Å². The van der Waals surface area contributed by atoms with Crippen LogP contribution in [0.2, 0.25) is 0 Å². The highest BCUT2D eigenvalue weighted by molar-refractivity contribution is 5.80. The van der Waals surface area contributed by atoms with E-state index in [1.165, 1.54) is 0 Å². The molecule has 4 heteroatoms. The lowest BCUT2D eigenvalue weighted by molar-refractivity contribution is 1.04. The van der Waals surface area contributed by atoms with Gasteiger partial charge in [-0.15, -0.1) is 0 Å². The van der Waals surface area contributed by atoms with Crippen LogP contribution in [0.4, 0.5) is 0 Å². The fourth-order valence-electron chi connectivity index (χ4n) is 0.718. The fourth-order valence-corrected chi connectivity index (χ4v) is 0.718. The van der Waals surface area contributed by atoms with E-state index in [1.807, 2.05) is 18.6 Å². The van der Waals surface area contributed by atoms with Gasteiger partial charge in [0.2, 0.25) is 0 Å². The van der Waals surface area contributed by atoms with Gasteiger partial charge in [-0.3, -0.25) is 15.0 Å². The normalized spacial score (nSPS) is 18.7. The van der Waals surface area contributed by atoms with Crippen molar-refractivity contribution in [2.75, 3.05) is 13.2 Å². The zero-order chi connectivity index (χ0) is 8.49. The summed E-state index contributed by atoms with van der Waals surface area (Å²) in [6, 6.07) is 0. The molecule has 2 rings (SSSR count). The summed E-state index contributed by atoms with van der Waals surface area (Å²) in [5.74, 6) is 0. The molecule has 4 nitrogen and oxygen atoms in total. The monoisotopic (exact) mass is 164 g/mol. The average Bonchev–Trinajstić information content (AvgIpc) is 2.24. The largest absolute Gasteiger partial charge is 0.274 e. The Morgan fingerprint density at radius 3 is 1.92 bits per heavy atom. The van der Waals surface area contributed by atoms with Crippen molar-refractivity contribution < 1.29 is 0 Å². The summed E-state index contributed by atoms with van der Waals surface area (Å²) in [4.78, 5) is 15.3. The summed E-state index contributed by atoms with van der Waals surface area (Å²) in [6.45, 7) is 1.56. The first-order chi connectivity index (χ1) is 6.00. The van der Waals surface area contributed by atoms with Crippen LogP contribution in [0, 0.1) is 0 Å². The minimum atomic E-state index is 0.639. The quantitative estimate of drug-likeness (QED) is 0.512. The first-order valence-corrected chi connectivity index (χ1v) is 3.96. The highest BCUT2D eigenvalue weighted by Crippen LogP contribution is 1.80. The fraction of sp³-hybridized carbons (Fsp3) is 0.500. The van der Waals surface area contributed by atoms with E-state index in [1.54, 1.807) is 6.34 Å². The lowest BCUT2D eigenvalue weighted by atomic mass is 10.4. The van der Waals surface area contributed by atoms with Crippen molar-refractivity contribution >= 4 is 25.0 Å². The molecule has 0 aliphatic carbocycles. The molecule has 2 aliphatic heterocycles. The number of nitrogens with zero attached hydrogens (tertiary/aromatic N) is 4. The van der Waals surface area contributed by atoms with Gasteiger partial charge in [0.15, 0.2) is 0 Å². The highest BCUT2D eigenvalue weighted by Gasteiger charge is 1.79. The Morgan fingerprint density at radius 1 is 0.917 bits per heavy atom. The van der Waals surface area contributed by atoms with Crippen molar-refractivity contribution in [3.05, 3.63) is 0 Å². The van der Waals surface area contributed by atoms with E-state index in [0.29, 0.717) is 6.67 Å². The molecule has 0 atom stereocenters. The minimum absolute atomic E-state index is 0.639. The van der Waals surface area contributed by atoms with Crippen molar-refractivity contribution in [3.8, 4) is 0 Å². The van der Waals surface area contributed by atoms with E-state index < -0.39 is 0 Å². The van der Waals surface area contributed by atoms with Gasteiger partial charge in [0.25, 0.3) is 0 Å². The van der Waals surface area contributed by atoms with Crippen molar-refractivity contribution in [2.24, 2.45) is 20.0 Å². The van der Waals surface area contributed by atoms with Gasteiger partial charge in [-0.05, 0) is 0 Å². The van der Waals surface area contributed by atoms with Crippen LogP contribution in [0.5, 0.6) is 0 Å². The Balaban J connectivity index is 0.000000120. The van der Waals surface area contributed by atoms with Gasteiger partial charge in [-0.1, -0.05) is 0 Å². The maximum absolute atomic E-state index is 3.85. The van der Waals surface area contributed by atoms with Crippen LogP contribution in [-0.4, -0.2) is 38.2 Å². The van der Waals surface area contributed by atoms with Crippen molar-refractivity contribution in [1.29, 1.82) is 0 Å². The summed E-state index contributed by atoms with van der Waals surface area (Å²) < 4.78 is 0. The molecule has 0 bridgehead atoms. The molecular weight excluding hydrogens is 152 g/mol. The molecule has 0 fully saturated rings. The molecule has 0 aromatic carbocycles. The standard InChI is InChI=1S/2C4H6N2/c2*1-2-5-4-6-3-1/h2,4H,1,3H2;2-3H,1,4H2. The zero-order valence-electron chi connectivity index (χ0n) is 6.93. The zero-order valence-corrected chi connectivity index (χ0v) is 6.93. The Hall–Kier alpha value is -1.32. The molecule has 0 saturated heterocycles. The molecule has 0 N–H and O–H groups in total. The SMILES string of the molecule is C1=NC=NCC1.C1=NCN=CC1. The first kappa shape index (κ1) is 8.77. The van der Waals surface area contributed by atoms with Crippen molar-refractivity contribution in [1.82, 2.24) is 0 Å². The maximum Gasteiger partial charge on any atom is 0.128 e. The minimum Gasteiger partial charge on any atom is -0.274 e. The number of hydrogen-bond donors (Lipinski definition) is 0. The van der Waals surface area contributed by atoms with Gasteiger partial charge in [0, 0.05) is 38.0 Å².